The van der Waals surface area contributed by atoms with Crippen molar-refractivity contribution in [1.29, 1.82) is 0 Å². The molecule has 2 aliphatic carbocycles. The molecule has 1 aromatic heterocycles. The van der Waals surface area contributed by atoms with Gasteiger partial charge in [0.15, 0.2) is 34.5 Å². The Labute approximate surface area is 257 Å². The van der Waals surface area contributed by atoms with Gasteiger partial charge >= 0.3 is 5.97 Å². The first-order valence-electron chi connectivity index (χ1n) is 15.1. The van der Waals surface area contributed by atoms with E-state index < -0.39 is 11.9 Å². The van der Waals surface area contributed by atoms with E-state index in [-0.39, 0.29) is 33.8 Å². The average molecular weight is 596 g/mol. The lowest BCUT2D eigenvalue weighted by molar-refractivity contribution is -0.120. The zero-order valence-electron chi connectivity index (χ0n) is 26.0. The molecule has 0 saturated carbocycles. The maximum absolute atomic E-state index is 13.6. The van der Waals surface area contributed by atoms with Crippen molar-refractivity contribution < 1.29 is 33.1 Å². The molecule has 0 amide bonds. The number of rotatable bonds is 6. The van der Waals surface area contributed by atoms with E-state index in [1.54, 1.807) is 18.2 Å². The van der Waals surface area contributed by atoms with Crippen LogP contribution in [0.1, 0.15) is 87.8 Å². The molecule has 0 spiro atoms. The molecule has 3 aromatic rings. The standard InChI is InChI=1S/C36H37NO7/c1-7-41-28-14-22(12-13-26(28)43-34(40)23-15-27(44-37-23)21-10-8-20(2)9-11-21)31-32-24(38)16-35(3,4)18-29(32)42-30-19-36(5,6)17-25(39)33(30)31/h8-15,31H,7,16-19H2,1-6H3. The smallest absolute Gasteiger partial charge is 0.366 e. The monoisotopic (exact) mass is 595 g/mol. The highest BCUT2D eigenvalue weighted by molar-refractivity contribution is 6.06. The van der Waals surface area contributed by atoms with E-state index in [1.807, 2.05) is 38.1 Å². The lowest BCUT2D eigenvalue weighted by Crippen LogP contribution is -2.37. The minimum atomic E-state index is -0.698. The van der Waals surface area contributed by atoms with Crippen molar-refractivity contribution in [2.45, 2.75) is 73.1 Å². The fourth-order valence-electron chi connectivity index (χ4n) is 6.44. The van der Waals surface area contributed by atoms with Crippen molar-refractivity contribution >= 4 is 17.5 Å². The number of nitrogens with zero attached hydrogens (tertiary/aromatic N) is 1. The van der Waals surface area contributed by atoms with Crippen LogP contribution in [-0.2, 0) is 14.3 Å². The minimum absolute atomic E-state index is 0.0192. The van der Waals surface area contributed by atoms with Crippen LogP contribution in [0.2, 0.25) is 0 Å². The van der Waals surface area contributed by atoms with Gasteiger partial charge in [0.1, 0.15) is 11.5 Å². The highest BCUT2D eigenvalue weighted by atomic mass is 16.6. The lowest BCUT2D eigenvalue weighted by Gasteiger charge is -2.42. The molecule has 0 bridgehead atoms. The van der Waals surface area contributed by atoms with E-state index in [9.17, 15) is 14.4 Å². The molecule has 0 fully saturated rings. The summed E-state index contributed by atoms with van der Waals surface area (Å²) in [6.07, 6.45) is 1.94. The van der Waals surface area contributed by atoms with Crippen LogP contribution in [0.25, 0.3) is 11.3 Å². The third-order valence-corrected chi connectivity index (χ3v) is 8.44. The summed E-state index contributed by atoms with van der Waals surface area (Å²) in [5, 5.41) is 3.92. The van der Waals surface area contributed by atoms with Crippen LogP contribution in [0.5, 0.6) is 11.5 Å². The van der Waals surface area contributed by atoms with Gasteiger partial charge in [-0.3, -0.25) is 9.59 Å². The summed E-state index contributed by atoms with van der Waals surface area (Å²) in [6, 6.07) is 14.4. The Morgan fingerprint density at radius 2 is 1.48 bits per heavy atom. The van der Waals surface area contributed by atoms with Crippen molar-refractivity contribution in [3.8, 4) is 22.8 Å². The lowest BCUT2D eigenvalue weighted by atomic mass is 9.65. The van der Waals surface area contributed by atoms with Gasteiger partial charge in [0, 0.05) is 54.4 Å². The summed E-state index contributed by atoms with van der Waals surface area (Å²) in [5.41, 5.74) is 3.20. The molecule has 0 unspecified atom stereocenters. The van der Waals surface area contributed by atoms with E-state index in [4.69, 9.17) is 18.7 Å². The molecule has 6 rings (SSSR count). The predicted octanol–water partition coefficient (Wildman–Crippen LogP) is 7.67. The number of allylic oxidation sites excluding steroid dienone is 4. The molecule has 3 aliphatic rings. The molecule has 44 heavy (non-hydrogen) atoms. The van der Waals surface area contributed by atoms with Crippen LogP contribution in [0.15, 0.2) is 75.7 Å². The fraction of sp³-hybridized carbons (Fsp3) is 0.389. The molecular weight excluding hydrogens is 558 g/mol. The molecule has 0 saturated heterocycles. The summed E-state index contributed by atoms with van der Waals surface area (Å²) in [5.74, 6) is 0.934. The molecule has 0 N–H and O–H groups in total. The molecule has 2 heterocycles. The SMILES string of the molecule is CCOc1cc(C2C3=C(CC(C)(C)CC3=O)OC3=C2C(=O)CC(C)(C)C3)ccc1OC(=O)c1cc(-c2ccc(C)cc2)on1. The molecule has 8 nitrogen and oxygen atoms in total. The maximum Gasteiger partial charge on any atom is 0.366 e. The van der Waals surface area contributed by atoms with Crippen molar-refractivity contribution in [1.82, 2.24) is 5.16 Å². The number of benzene rings is 2. The number of carbonyl (C=O) groups excluding carboxylic acids is 3. The number of carbonyl (C=O) groups is 3. The molecule has 1 aliphatic heterocycles. The number of ether oxygens (including phenoxy) is 3. The van der Waals surface area contributed by atoms with Gasteiger partial charge in [-0.2, -0.15) is 0 Å². The Morgan fingerprint density at radius 1 is 0.864 bits per heavy atom. The molecule has 0 atom stereocenters. The number of esters is 1. The Kier molecular flexibility index (Phi) is 7.34. The van der Waals surface area contributed by atoms with Crippen molar-refractivity contribution in [2.75, 3.05) is 6.61 Å². The Morgan fingerprint density at radius 3 is 2.07 bits per heavy atom. The summed E-state index contributed by atoms with van der Waals surface area (Å²) < 4.78 is 23.5. The fourth-order valence-corrected chi connectivity index (χ4v) is 6.44. The summed E-state index contributed by atoms with van der Waals surface area (Å²) in [4.78, 5) is 40.4. The van der Waals surface area contributed by atoms with E-state index in [2.05, 4.69) is 32.9 Å². The highest BCUT2D eigenvalue weighted by Crippen LogP contribution is 2.53. The summed E-state index contributed by atoms with van der Waals surface area (Å²) in [7, 11) is 0. The van der Waals surface area contributed by atoms with Crippen LogP contribution >= 0.6 is 0 Å². The van der Waals surface area contributed by atoms with Crippen LogP contribution < -0.4 is 9.47 Å². The number of ketones is 2. The van der Waals surface area contributed by atoms with E-state index in [1.165, 1.54) is 6.07 Å². The molecule has 0 radical (unpaired) electrons. The van der Waals surface area contributed by atoms with Gasteiger partial charge in [-0.25, -0.2) is 4.79 Å². The van der Waals surface area contributed by atoms with Gasteiger partial charge in [-0.15, -0.1) is 0 Å². The number of aryl methyl sites for hydroxylation is 1. The number of Topliss-reactive ketones (excluding diaryl/α,β-unsaturated/α-hetero) is 2. The predicted molar refractivity (Wildman–Crippen MR) is 163 cm³/mol. The summed E-state index contributed by atoms with van der Waals surface area (Å²) in [6.45, 7) is 12.4. The number of hydrogen-bond donors (Lipinski definition) is 0. The van der Waals surface area contributed by atoms with E-state index >= 15 is 0 Å². The highest BCUT2D eigenvalue weighted by Gasteiger charge is 2.48. The second-order valence-corrected chi connectivity index (χ2v) is 13.6. The van der Waals surface area contributed by atoms with Gasteiger partial charge in [-0.1, -0.05) is 68.7 Å². The largest absolute Gasteiger partial charge is 0.490 e. The zero-order valence-corrected chi connectivity index (χ0v) is 26.0. The van der Waals surface area contributed by atoms with Crippen molar-refractivity contribution in [3.63, 3.8) is 0 Å². The van der Waals surface area contributed by atoms with Crippen molar-refractivity contribution in [3.05, 3.63) is 88.0 Å². The van der Waals surface area contributed by atoms with Crippen LogP contribution in [-0.4, -0.2) is 29.3 Å². The van der Waals surface area contributed by atoms with Gasteiger partial charge in [0.2, 0.25) is 0 Å². The first kappa shape index (κ1) is 29.6. The normalized spacial score (nSPS) is 19.3. The third-order valence-electron chi connectivity index (χ3n) is 8.44. The quantitative estimate of drug-likeness (QED) is 0.211. The van der Waals surface area contributed by atoms with Crippen LogP contribution in [0.3, 0.4) is 0 Å². The molecule has 8 heteroatoms. The minimum Gasteiger partial charge on any atom is -0.490 e. The Hall–Kier alpha value is -4.46. The molecule has 228 valence electrons. The van der Waals surface area contributed by atoms with Gasteiger partial charge in [0.05, 0.1) is 6.61 Å². The van der Waals surface area contributed by atoms with Crippen molar-refractivity contribution in [2.24, 2.45) is 10.8 Å². The topological polar surface area (TPSA) is 105 Å². The Balaban J connectivity index is 1.36. The third kappa shape index (κ3) is 5.61. The number of aromatic nitrogens is 1. The number of hydrogen-bond acceptors (Lipinski definition) is 8. The van der Waals surface area contributed by atoms with E-state index in [0.29, 0.717) is 72.0 Å². The average Bonchev–Trinajstić information content (AvgIpc) is 3.43. The Bertz CT molecular complexity index is 1680. The van der Waals surface area contributed by atoms with Gasteiger partial charge in [0.25, 0.3) is 0 Å². The molecule has 2 aromatic carbocycles. The second-order valence-electron chi connectivity index (χ2n) is 13.6. The zero-order chi connectivity index (χ0) is 31.4. The summed E-state index contributed by atoms with van der Waals surface area (Å²) >= 11 is 0. The van der Waals surface area contributed by atoms with E-state index in [0.717, 1.165) is 11.1 Å². The first-order valence-corrected chi connectivity index (χ1v) is 15.1. The van der Waals surface area contributed by atoms with Crippen LogP contribution in [0, 0.1) is 17.8 Å². The van der Waals surface area contributed by atoms with Crippen LogP contribution in [0.4, 0.5) is 0 Å². The van der Waals surface area contributed by atoms with Gasteiger partial charge in [-0.05, 0) is 42.4 Å². The first-order chi connectivity index (χ1) is 20.8. The second kappa shape index (κ2) is 10.9. The van der Waals surface area contributed by atoms with Gasteiger partial charge < -0.3 is 18.7 Å². The molecular formula is C36H37NO7. The maximum atomic E-state index is 13.6.